The predicted octanol–water partition coefficient (Wildman–Crippen LogP) is 5.37. The molecule has 3 rings (SSSR count). The molecule has 0 spiro atoms. The van der Waals surface area contributed by atoms with Crippen LogP contribution in [0.25, 0.3) is 11.1 Å². The highest BCUT2D eigenvalue weighted by Crippen LogP contribution is 2.37. The average Bonchev–Trinajstić information content (AvgIpc) is 2.50. The van der Waals surface area contributed by atoms with Crippen LogP contribution in [0, 0.1) is 0 Å². The maximum absolute atomic E-state index is 2.50. The molecular weight excluding hydrogens is 254 g/mol. The number of benzene rings is 2. The molecule has 108 valence electrons. The van der Waals surface area contributed by atoms with Gasteiger partial charge < -0.3 is 4.90 Å². The lowest BCUT2D eigenvalue weighted by atomic mass is 9.90. The van der Waals surface area contributed by atoms with Gasteiger partial charge in [-0.15, -0.1) is 0 Å². The Morgan fingerprint density at radius 1 is 0.810 bits per heavy atom. The fourth-order valence-electron chi connectivity index (χ4n) is 3.20. The largest absolute Gasteiger partial charge is 0.364 e. The minimum atomic E-state index is 0.477. The molecule has 2 aromatic rings. The summed E-state index contributed by atoms with van der Waals surface area (Å²) in [5, 5.41) is 0. The first-order valence-electron chi connectivity index (χ1n) is 7.71. The molecule has 1 nitrogen and oxygen atoms in total. The molecule has 1 heterocycles. The van der Waals surface area contributed by atoms with Gasteiger partial charge in [0.15, 0.2) is 0 Å². The molecular formula is C20H23N. The summed E-state index contributed by atoms with van der Waals surface area (Å²) in [5.74, 6) is 0. The van der Waals surface area contributed by atoms with Gasteiger partial charge in [-0.2, -0.15) is 0 Å². The Kier molecular flexibility index (Phi) is 3.59. The van der Waals surface area contributed by atoms with Crippen molar-refractivity contribution in [3.8, 4) is 0 Å². The monoisotopic (exact) mass is 277 g/mol. The summed E-state index contributed by atoms with van der Waals surface area (Å²) in [6.07, 6.45) is 0. The van der Waals surface area contributed by atoms with Gasteiger partial charge in [-0.05, 0) is 56.0 Å². The minimum absolute atomic E-state index is 0.477. The first-order valence-corrected chi connectivity index (χ1v) is 7.71. The van der Waals surface area contributed by atoms with Crippen molar-refractivity contribution < 1.29 is 0 Å². The second-order valence-electron chi connectivity index (χ2n) is 6.15. The van der Waals surface area contributed by atoms with Gasteiger partial charge in [0.05, 0.1) is 0 Å². The van der Waals surface area contributed by atoms with Crippen molar-refractivity contribution in [2.24, 2.45) is 0 Å². The highest BCUT2D eigenvalue weighted by Gasteiger charge is 2.21. The van der Waals surface area contributed by atoms with E-state index in [9.17, 15) is 0 Å². The number of hydrogen-bond donors (Lipinski definition) is 0. The lowest BCUT2D eigenvalue weighted by Gasteiger charge is -2.34. The Bertz CT molecular complexity index is 694. The first kappa shape index (κ1) is 13.9. The molecule has 0 atom stereocenters. The molecule has 0 fully saturated rings. The zero-order chi connectivity index (χ0) is 15.0. The highest BCUT2D eigenvalue weighted by molar-refractivity contribution is 5.94. The van der Waals surface area contributed by atoms with Crippen LogP contribution in [0.2, 0.25) is 0 Å². The van der Waals surface area contributed by atoms with Gasteiger partial charge in [0.2, 0.25) is 0 Å². The molecule has 1 aliphatic rings. The van der Waals surface area contributed by atoms with Crippen molar-refractivity contribution in [1.29, 1.82) is 0 Å². The number of rotatable bonds is 1. The highest BCUT2D eigenvalue weighted by atomic mass is 15.2. The second-order valence-corrected chi connectivity index (χ2v) is 6.15. The third-order valence-electron chi connectivity index (χ3n) is 4.57. The van der Waals surface area contributed by atoms with Crippen molar-refractivity contribution in [2.75, 3.05) is 4.90 Å². The standard InChI is InChI=1S/C20H23N/c1-14(2)21-13-17-9-5-6-10-18(17)15(3)16(4)19-11-7-8-12-20(19)21/h5-12,14H,13H2,1-4H3/b16-15-. The Labute approximate surface area is 127 Å². The summed E-state index contributed by atoms with van der Waals surface area (Å²) in [4.78, 5) is 2.50. The zero-order valence-corrected chi connectivity index (χ0v) is 13.4. The van der Waals surface area contributed by atoms with E-state index in [1.807, 2.05) is 0 Å². The molecule has 2 aromatic carbocycles. The van der Waals surface area contributed by atoms with E-state index >= 15 is 0 Å². The molecule has 0 radical (unpaired) electrons. The van der Waals surface area contributed by atoms with Crippen molar-refractivity contribution in [1.82, 2.24) is 0 Å². The lowest BCUT2D eigenvalue weighted by Crippen LogP contribution is -2.31. The van der Waals surface area contributed by atoms with E-state index in [4.69, 9.17) is 0 Å². The third-order valence-corrected chi connectivity index (χ3v) is 4.57. The van der Waals surface area contributed by atoms with E-state index in [0.717, 1.165) is 6.54 Å². The van der Waals surface area contributed by atoms with E-state index in [2.05, 4.69) is 81.1 Å². The molecule has 0 aliphatic carbocycles. The van der Waals surface area contributed by atoms with Crippen LogP contribution < -0.4 is 4.90 Å². The molecule has 21 heavy (non-hydrogen) atoms. The Hall–Kier alpha value is -2.02. The van der Waals surface area contributed by atoms with Crippen LogP contribution in [0.15, 0.2) is 48.5 Å². The van der Waals surface area contributed by atoms with Crippen LogP contribution >= 0.6 is 0 Å². The van der Waals surface area contributed by atoms with Gasteiger partial charge in [0.1, 0.15) is 0 Å². The topological polar surface area (TPSA) is 3.24 Å². The summed E-state index contributed by atoms with van der Waals surface area (Å²) >= 11 is 0. The fraction of sp³-hybridized carbons (Fsp3) is 0.300. The summed E-state index contributed by atoms with van der Waals surface area (Å²) in [5.41, 5.74) is 8.27. The average molecular weight is 277 g/mol. The van der Waals surface area contributed by atoms with Crippen LogP contribution in [-0.2, 0) is 6.54 Å². The number of nitrogens with zero attached hydrogens (tertiary/aromatic N) is 1. The maximum Gasteiger partial charge on any atom is 0.0447 e. The van der Waals surface area contributed by atoms with Crippen LogP contribution in [0.3, 0.4) is 0 Å². The smallest absolute Gasteiger partial charge is 0.0447 e. The van der Waals surface area contributed by atoms with E-state index in [-0.39, 0.29) is 0 Å². The number of anilines is 1. The van der Waals surface area contributed by atoms with E-state index < -0.39 is 0 Å². The van der Waals surface area contributed by atoms with Crippen LogP contribution in [0.5, 0.6) is 0 Å². The van der Waals surface area contributed by atoms with E-state index in [1.54, 1.807) is 0 Å². The van der Waals surface area contributed by atoms with Crippen LogP contribution in [0.1, 0.15) is 44.4 Å². The van der Waals surface area contributed by atoms with E-state index in [1.165, 1.54) is 33.5 Å². The molecule has 0 saturated heterocycles. The number of allylic oxidation sites excluding steroid dienone is 2. The summed E-state index contributed by atoms with van der Waals surface area (Å²) in [6, 6.07) is 18.1. The quantitative estimate of drug-likeness (QED) is 0.677. The molecule has 0 unspecified atom stereocenters. The van der Waals surface area contributed by atoms with Gasteiger partial charge >= 0.3 is 0 Å². The van der Waals surface area contributed by atoms with Gasteiger partial charge in [-0.25, -0.2) is 0 Å². The number of fused-ring (bicyclic) bond motifs is 2. The van der Waals surface area contributed by atoms with Crippen LogP contribution in [-0.4, -0.2) is 6.04 Å². The van der Waals surface area contributed by atoms with Gasteiger partial charge in [-0.1, -0.05) is 42.5 Å². The summed E-state index contributed by atoms with van der Waals surface area (Å²) in [6.45, 7) is 10.0. The summed E-state index contributed by atoms with van der Waals surface area (Å²) < 4.78 is 0. The fourth-order valence-corrected chi connectivity index (χ4v) is 3.20. The minimum Gasteiger partial charge on any atom is -0.364 e. The Morgan fingerprint density at radius 3 is 2.10 bits per heavy atom. The molecule has 0 bridgehead atoms. The summed E-state index contributed by atoms with van der Waals surface area (Å²) in [7, 11) is 0. The molecule has 0 aromatic heterocycles. The van der Waals surface area contributed by atoms with Gasteiger partial charge in [0, 0.05) is 23.8 Å². The number of para-hydroxylation sites is 1. The van der Waals surface area contributed by atoms with Crippen molar-refractivity contribution in [3.05, 3.63) is 65.2 Å². The SMILES string of the molecule is C/C1=C(\C)c2ccccc2N(C(C)C)Cc2ccccc21. The molecule has 0 N–H and O–H groups in total. The zero-order valence-electron chi connectivity index (χ0n) is 13.4. The third kappa shape index (κ3) is 2.37. The molecule has 0 amide bonds. The van der Waals surface area contributed by atoms with Crippen molar-refractivity contribution in [3.63, 3.8) is 0 Å². The molecule has 0 saturated carbocycles. The number of hydrogen-bond acceptors (Lipinski definition) is 1. The Balaban J connectivity index is 2.31. The Morgan fingerprint density at radius 2 is 1.38 bits per heavy atom. The molecule has 1 aliphatic heterocycles. The van der Waals surface area contributed by atoms with Crippen molar-refractivity contribution in [2.45, 2.75) is 40.3 Å². The van der Waals surface area contributed by atoms with Crippen molar-refractivity contribution >= 4 is 16.8 Å². The molecule has 1 heteroatoms. The maximum atomic E-state index is 2.50. The normalized spacial score (nSPS) is 18.0. The second kappa shape index (κ2) is 5.40. The lowest BCUT2D eigenvalue weighted by molar-refractivity contribution is 0.680. The van der Waals surface area contributed by atoms with Gasteiger partial charge in [-0.3, -0.25) is 0 Å². The van der Waals surface area contributed by atoms with E-state index in [0.29, 0.717) is 6.04 Å². The first-order chi connectivity index (χ1) is 10.1. The van der Waals surface area contributed by atoms with Crippen LogP contribution in [0.4, 0.5) is 5.69 Å². The van der Waals surface area contributed by atoms with Gasteiger partial charge in [0.25, 0.3) is 0 Å². The predicted molar refractivity (Wildman–Crippen MR) is 92.4 cm³/mol.